The number of hydrogen-bond acceptors (Lipinski definition) is 5. The normalized spacial score (nSPS) is 22.5. The summed E-state index contributed by atoms with van der Waals surface area (Å²) in [4.78, 5) is 11.7. The number of carbonyl (C=O) groups is 1. The van der Waals surface area contributed by atoms with Crippen molar-refractivity contribution in [2.24, 2.45) is 0 Å². The summed E-state index contributed by atoms with van der Waals surface area (Å²) >= 11 is 0. The Kier molecular flexibility index (Phi) is 5.22. The Morgan fingerprint density at radius 1 is 1.32 bits per heavy atom. The molecule has 6 nitrogen and oxygen atoms in total. The van der Waals surface area contributed by atoms with Gasteiger partial charge in [0.2, 0.25) is 0 Å². The van der Waals surface area contributed by atoms with Crippen LogP contribution in [0.15, 0.2) is 30.3 Å². The van der Waals surface area contributed by atoms with Gasteiger partial charge in [0.25, 0.3) is 0 Å². The number of benzene rings is 1. The fraction of sp³-hybridized carbons (Fsp3) is 0.462. The quantitative estimate of drug-likeness (QED) is 0.796. The molecule has 2 unspecified atom stereocenters. The highest BCUT2D eigenvalue weighted by atomic mass is 19.4. The maximum absolute atomic E-state index is 13.1. The lowest BCUT2D eigenvalue weighted by Crippen LogP contribution is -2.71. The van der Waals surface area contributed by atoms with E-state index in [1.54, 1.807) is 30.3 Å². The van der Waals surface area contributed by atoms with E-state index in [4.69, 9.17) is 4.74 Å². The number of nitrogens with zero attached hydrogens (tertiary/aromatic N) is 1. The average molecular weight is 318 g/mol. The number of nitrogens with one attached hydrogen (secondary N) is 3. The second-order valence-electron chi connectivity index (χ2n) is 4.74. The van der Waals surface area contributed by atoms with Gasteiger partial charge >= 0.3 is 12.3 Å². The van der Waals surface area contributed by atoms with E-state index in [-0.39, 0.29) is 6.61 Å². The molecule has 0 saturated carbocycles. The molecule has 22 heavy (non-hydrogen) atoms. The second-order valence-corrected chi connectivity index (χ2v) is 4.74. The number of hydrazine groups is 3. The molecule has 0 bridgehead atoms. The van der Waals surface area contributed by atoms with Crippen molar-refractivity contribution in [3.8, 4) is 0 Å². The summed E-state index contributed by atoms with van der Waals surface area (Å²) in [6.07, 6.45) is -4.70. The molecule has 122 valence electrons. The third-order valence-corrected chi connectivity index (χ3v) is 3.06. The molecule has 1 saturated heterocycles. The third-order valence-electron chi connectivity index (χ3n) is 3.06. The van der Waals surface area contributed by atoms with E-state index in [0.29, 0.717) is 12.0 Å². The number of halogens is 3. The minimum Gasteiger partial charge on any atom is -0.447 e. The van der Waals surface area contributed by atoms with Crippen molar-refractivity contribution in [3.05, 3.63) is 35.9 Å². The maximum atomic E-state index is 13.1. The molecule has 0 radical (unpaired) electrons. The first-order chi connectivity index (χ1) is 10.4. The molecular formula is C13H17F3N4O2. The van der Waals surface area contributed by atoms with E-state index >= 15 is 0 Å². The summed E-state index contributed by atoms with van der Waals surface area (Å²) in [6.45, 7) is 1.99. The number of carbonyl (C=O) groups excluding carboxylic acids is 1. The Balaban J connectivity index is 2.17. The van der Waals surface area contributed by atoms with Gasteiger partial charge in [-0.15, -0.1) is 5.53 Å². The van der Waals surface area contributed by atoms with Gasteiger partial charge in [-0.05, 0) is 12.0 Å². The summed E-state index contributed by atoms with van der Waals surface area (Å²) in [5.41, 5.74) is 7.16. The van der Waals surface area contributed by atoms with Crippen molar-refractivity contribution in [3.63, 3.8) is 0 Å². The third kappa shape index (κ3) is 3.87. The van der Waals surface area contributed by atoms with Gasteiger partial charge in [-0.1, -0.05) is 37.3 Å². The van der Waals surface area contributed by atoms with E-state index in [1.807, 2.05) is 6.92 Å². The summed E-state index contributed by atoms with van der Waals surface area (Å²) < 4.78 is 44.3. The van der Waals surface area contributed by atoms with Crippen LogP contribution in [0.1, 0.15) is 24.9 Å². The minimum absolute atomic E-state index is 0.178. The topological polar surface area (TPSA) is 65.6 Å². The lowest BCUT2D eigenvalue weighted by Gasteiger charge is -2.40. The molecule has 9 heteroatoms. The van der Waals surface area contributed by atoms with Gasteiger partial charge in [-0.3, -0.25) is 0 Å². The van der Waals surface area contributed by atoms with E-state index in [0.717, 1.165) is 5.12 Å². The molecule has 2 rings (SSSR count). The number of alkyl halides is 3. The lowest BCUT2D eigenvalue weighted by atomic mass is 9.99. The first kappa shape index (κ1) is 16.5. The van der Waals surface area contributed by atoms with Crippen molar-refractivity contribution >= 4 is 6.09 Å². The maximum Gasteiger partial charge on any atom is 0.440 e. The van der Waals surface area contributed by atoms with Crippen molar-refractivity contribution in [2.45, 2.75) is 31.6 Å². The van der Waals surface area contributed by atoms with Gasteiger partial charge in [0.1, 0.15) is 6.04 Å². The summed E-state index contributed by atoms with van der Waals surface area (Å²) in [5, 5.41) is 0.773. The van der Waals surface area contributed by atoms with Crippen molar-refractivity contribution in [1.29, 1.82) is 0 Å². The molecular weight excluding hydrogens is 301 g/mol. The zero-order valence-electron chi connectivity index (χ0n) is 11.9. The number of rotatable bonds is 3. The molecule has 1 amide bonds. The predicted molar refractivity (Wildman–Crippen MR) is 71.9 cm³/mol. The standard InChI is InChI=1S/C13H17F3N4O2/c1-2-8-22-12(21)20-18-10(9-6-4-3-5-7-9)11(17-19-20)13(14,15)16/h3-7,10-11,17-19H,2,8H2,1H3. The first-order valence-corrected chi connectivity index (χ1v) is 6.79. The van der Waals surface area contributed by atoms with Gasteiger partial charge < -0.3 is 4.74 Å². The van der Waals surface area contributed by atoms with Crippen LogP contribution in [0, 0.1) is 0 Å². The lowest BCUT2D eigenvalue weighted by molar-refractivity contribution is -0.187. The minimum atomic E-state index is -4.50. The van der Waals surface area contributed by atoms with Crippen LogP contribution < -0.4 is 16.4 Å². The monoisotopic (exact) mass is 318 g/mol. The second kappa shape index (κ2) is 6.95. The predicted octanol–water partition coefficient (Wildman–Crippen LogP) is 2.03. The average Bonchev–Trinajstić information content (AvgIpc) is 2.52. The van der Waals surface area contributed by atoms with Gasteiger partial charge in [-0.2, -0.15) is 18.3 Å². The Bertz CT molecular complexity index is 498. The smallest absolute Gasteiger partial charge is 0.440 e. The van der Waals surface area contributed by atoms with Crippen LogP contribution >= 0.6 is 0 Å². The molecule has 1 heterocycles. The molecule has 1 aliphatic heterocycles. The van der Waals surface area contributed by atoms with Crippen LogP contribution in [0.25, 0.3) is 0 Å². The van der Waals surface area contributed by atoms with Crippen molar-refractivity contribution < 1.29 is 22.7 Å². The zero-order valence-corrected chi connectivity index (χ0v) is 11.9. The number of ether oxygens (including phenoxy) is 1. The van der Waals surface area contributed by atoms with Crippen LogP contribution in [-0.4, -0.2) is 30.0 Å². The van der Waals surface area contributed by atoms with Gasteiger partial charge in [0, 0.05) is 0 Å². The Hall–Kier alpha value is -1.84. The number of amides is 1. The van der Waals surface area contributed by atoms with E-state index in [9.17, 15) is 18.0 Å². The molecule has 1 aromatic rings. The highest BCUT2D eigenvalue weighted by Gasteiger charge is 2.48. The van der Waals surface area contributed by atoms with Crippen molar-refractivity contribution in [1.82, 2.24) is 21.5 Å². The Morgan fingerprint density at radius 3 is 2.59 bits per heavy atom. The van der Waals surface area contributed by atoms with Crippen molar-refractivity contribution in [2.75, 3.05) is 6.61 Å². The fourth-order valence-electron chi connectivity index (χ4n) is 2.01. The largest absolute Gasteiger partial charge is 0.447 e. The highest BCUT2D eigenvalue weighted by Crippen LogP contribution is 2.31. The van der Waals surface area contributed by atoms with Gasteiger partial charge in [-0.25, -0.2) is 15.6 Å². The van der Waals surface area contributed by atoms with Crippen LogP contribution in [-0.2, 0) is 4.74 Å². The molecule has 1 aliphatic rings. The molecule has 3 N–H and O–H groups in total. The summed E-state index contributed by atoms with van der Waals surface area (Å²) in [6, 6.07) is 5.01. The van der Waals surface area contributed by atoms with Crippen LogP contribution in [0.5, 0.6) is 0 Å². The Morgan fingerprint density at radius 2 is 2.00 bits per heavy atom. The van der Waals surface area contributed by atoms with Gasteiger partial charge in [0.05, 0.1) is 12.6 Å². The summed E-state index contributed by atoms with van der Waals surface area (Å²) in [5.74, 6) is 0. The SMILES string of the molecule is CCCOC(=O)N1NNC(C(F)(F)F)C(c2ccccc2)N1. The van der Waals surface area contributed by atoms with Crippen LogP contribution in [0.3, 0.4) is 0 Å². The molecule has 0 spiro atoms. The molecule has 1 aromatic carbocycles. The molecule has 2 atom stereocenters. The Labute approximate surface area is 125 Å². The first-order valence-electron chi connectivity index (χ1n) is 6.79. The van der Waals surface area contributed by atoms with E-state index in [2.05, 4.69) is 16.4 Å². The van der Waals surface area contributed by atoms with Gasteiger partial charge in [0.15, 0.2) is 0 Å². The fourth-order valence-corrected chi connectivity index (χ4v) is 2.01. The molecule has 0 aromatic heterocycles. The molecule has 0 aliphatic carbocycles. The molecule has 1 fully saturated rings. The van der Waals surface area contributed by atoms with E-state index < -0.39 is 24.4 Å². The summed E-state index contributed by atoms with van der Waals surface area (Å²) in [7, 11) is 0. The van der Waals surface area contributed by atoms with E-state index in [1.165, 1.54) is 0 Å². The zero-order chi connectivity index (χ0) is 16.2. The number of hydrogen-bond donors (Lipinski definition) is 3. The van der Waals surface area contributed by atoms with Crippen LogP contribution in [0.2, 0.25) is 0 Å². The highest BCUT2D eigenvalue weighted by molar-refractivity contribution is 5.66. The van der Waals surface area contributed by atoms with Crippen LogP contribution in [0.4, 0.5) is 18.0 Å².